The van der Waals surface area contributed by atoms with E-state index in [-0.39, 0.29) is 42.9 Å². The van der Waals surface area contributed by atoms with Gasteiger partial charge in [0.2, 0.25) is 5.91 Å². The molecular weight excluding hydrogens is 292 g/mol. The lowest BCUT2D eigenvalue weighted by molar-refractivity contribution is -0.144. The van der Waals surface area contributed by atoms with Crippen LogP contribution in [0.5, 0.6) is 0 Å². The van der Waals surface area contributed by atoms with Crippen molar-refractivity contribution in [2.45, 2.75) is 32.7 Å². The minimum absolute atomic E-state index is 0. The fourth-order valence-corrected chi connectivity index (χ4v) is 1.62. The Morgan fingerprint density at radius 1 is 1.37 bits per heavy atom. The number of nitrogens with one attached hydrogen (secondary N) is 1. The molecule has 0 aromatic heterocycles. The maximum atomic E-state index is 11.4. The third-order valence-electron chi connectivity index (χ3n) is 2.00. The first-order valence-corrected chi connectivity index (χ1v) is 6.78. The number of amides is 1. The van der Waals surface area contributed by atoms with Crippen molar-refractivity contribution >= 4 is 41.2 Å². The van der Waals surface area contributed by atoms with Gasteiger partial charge in [0.1, 0.15) is 6.04 Å². The zero-order chi connectivity index (χ0) is 14.0. The van der Waals surface area contributed by atoms with Gasteiger partial charge in [-0.3, -0.25) is 14.4 Å². The van der Waals surface area contributed by atoms with E-state index in [0.29, 0.717) is 12.3 Å². The average Bonchev–Trinajstić information content (AvgIpc) is 2.31. The maximum Gasteiger partial charge on any atom is 0.322 e. The van der Waals surface area contributed by atoms with Crippen LogP contribution in [0.4, 0.5) is 0 Å². The Balaban J connectivity index is 0. The Morgan fingerprint density at radius 2 is 2.00 bits per heavy atom. The van der Waals surface area contributed by atoms with Gasteiger partial charge >= 0.3 is 5.97 Å². The SMILES string of the molecule is CCOC(=O)[C@@H](N)CCC(=O)NCCSC(C)=O.Cl. The van der Waals surface area contributed by atoms with Crippen LogP contribution >= 0.6 is 24.2 Å². The molecule has 0 aromatic carbocycles. The lowest BCUT2D eigenvalue weighted by Crippen LogP contribution is -2.34. The predicted octanol–water partition coefficient (Wildman–Crippen LogP) is 0.475. The zero-order valence-electron chi connectivity index (χ0n) is 11.1. The monoisotopic (exact) mass is 312 g/mol. The maximum absolute atomic E-state index is 11.4. The van der Waals surface area contributed by atoms with Crippen LogP contribution in [0.25, 0.3) is 0 Å². The number of hydrogen-bond acceptors (Lipinski definition) is 6. The lowest BCUT2D eigenvalue weighted by atomic mass is 10.1. The van der Waals surface area contributed by atoms with Crippen molar-refractivity contribution in [1.29, 1.82) is 0 Å². The van der Waals surface area contributed by atoms with E-state index in [2.05, 4.69) is 5.32 Å². The van der Waals surface area contributed by atoms with Crippen LogP contribution in [0.3, 0.4) is 0 Å². The van der Waals surface area contributed by atoms with Crippen LogP contribution in [-0.4, -0.2) is 41.9 Å². The van der Waals surface area contributed by atoms with Crippen LogP contribution in [0, 0.1) is 0 Å². The van der Waals surface area contributed by atoms with Gasteiger partial charge in [0, 0.05) is 25.6 Å². The molecule has 0 radical (unpaired) electrons. The summed E-state index contributed by atoms with van der Waals surface area (Å²) in [7, 11) is 0. The second-order valence-electron chi connectivity index (χ2n) is 3.59. The average molecular weight is 313 g/mol. The van der Waals surface area contributed by atoms with Gasteiger partial charge in [-0.05, 0) is 13.3 Å². The predicted molar refractivity (Wildman–Crippen MR) is 77.2 cm³/mol. The quantitative estimate of drug-likeness (QED) is 0.499. The number of carbonyl (C=O) groups excluding carboxylic acids is 3. The lowest BCUT2D eigenvalue weighted by Gasteiger charge is -2.10. The summed E-state index contributed by atoms with van der Waals surface area (Å²) in [4.78, 5) is 33.2. The van der Waals surface area contributed by atoms with Crippen molar-refractivity contribution < 1.29 is 19.1 Å². The normalized spacial score (nSPS) is 11.1. The highest BCUT2D eigenvalue weighted by atomic mass is 35.5. The molecule has 0 aliphatic carbocycles. The fraction of sp³-hybridized carbons (Fsp3) is 0.727. The van der Waals surface area contributed by atoms with E-state index in [0.717, 1.165) is 11.8 Å². The number of ether oxygens (including phenoxy) is 1. The number of hydrogen-bond donors (Lipinski definition) is 2. The van der Waals surface area contributed by atoms with Crippen LogP contribution < -0.4 is 11.1 Å². The number of nitrogens with two attached hydrogens (primary N) is 1. The molecule has 0 saturated heterocycles. The molecule has 0 rings (SSSR count). The first-order chi connectivity index (χ1) is 8.47. The molecule has 0 saturated carbocycles. The molecule has 0 unspecified atom stereocenters. The first-order valence-electron chi connectivity index (χ1n) is 5.79. The molecule has 1 amide bonds. The summed E-state index contributed by atoms with van der Waals surface area (Å²) in [5.41, 5.74) is 5.54. The van der Waals surface area contributed by atoms with Gasteiger partial charge in [-0.15, -0.1) is 12.4 Å². The van der Waals surface area contributed by atoms with E-state index in [1.54, 1.807) is 6.92 Å². The van der Waals surface area contributed by atoms with E-state index >= 15 is 0 Å². The van der Waals surface area contributed by atoms with Gasteiger partial charge in [-0.1, -0.05) is 11.8 Å². The molecule has 0 aromatic rings. The van der Waals surface area contributed by atoms with Crippen molar-refractivity contribution in [3.63, 3.8) is 0 Å². The Labute approximate surface area is 123 Å². The van der Waals surface area contributed by atoms with Crippen LogP contribution in [0.15, 0.2) is 0 Å². The van der Waals surface area contributed by atoms with Crippen molar-refractivity contribution in [3.8, 4) is 0 Å². The molecule has 19 heavy (non-hydrogen) atoms. The van der Waals surface area contributed by atoms with Gasteiger partial charge in [0.05, 0.1) is 6.61 Å². The number of esters is 1. The summed E-state index contributed by atoms with van der Waals surface area (Å²) in [5.74, 6) is -0.123. The van der Waals surface area contributed by atoms with E-state index in [1.165, 1.54) is 6.92 Å². The molecule has 3 N–H and O–H groups in total. The van der Waals surface area contributed by atoms with Crippen molar-refractivity contribution in [3.05, 3.63) is 0 Å². The molecule has 0 aliphatic heterocycles. The summed E-state index contributed by atoms with van der Waals surface area (Å²) in [6, 6.07) is -0.762. The molecule has 1 atom stereocenters. The summed E-state index contributed by atoms with van der Waals surface area (Å²) >= 11 is 1.16. The third kappa shape index (κ3) is 12.0. The highest BCUT2D eigenvalue weighted by Crippen LogP contribution is 2.00. The molecule has 0 heterocycles. The van der Waals surface area contributed by atoms with Crippen LogP contribution in [0.2, 0.25) is 0 Å². The second-order valence-corrected chi connectivity index (χ2v) is 4.86. The molecular formula is C11H21ClN2O4S. The topological polar surface area (TPSA) is 98.5 Å². The van der Waals surface area contributed by atoms with E-state index in [9.17, 15) is 14.4 Å². The Bertz CT molecular complexity index is 302. The standard InChI is InChI=1S/C11H20N2O4S.ClH/c1-3-17-11(16)9(12)4-5-10(15)13-6-7-18-8(2)14;/h9H,3-7,12H2,1-2H3,(H,13,15);1H/t9-;/m0./s1. The Hall–Kier alpha value is -0.790. The van der Waals surface area contributed by atoms with Crippen molar-refractivity contribution in [1.82, 2.24) is 5.32 Å². The molecule has 0 bridgehead atoms. The summed E-state index contributed by atoms with van der Waals surface area (Å²) < 4.78 is 4.72. The minimum Gasteiger partial charge on any atom is -0.465 e. The van der Waals surface area contributed by atoms with E-state index in [4.69, 9.17) is 10.5 Å². The first kappa shape index (κ1) is 20.5. The number of halogens is 1. The van der Waals surface area contributed by atoms with Crippen LogP contribution in [-0.2, 0) is 19.1 Å². The van der Waals surface area contributed by atoms with Gasteiger partial charge < -0.3 is 15.8 Å². The van der Waals surface area contributed by atoms with Crippen LogP contribution in [0.1, 0.15) is 26.7 Å². The molecule has 0 spiro atoms. The third-order valence-corrected chi connectivity index (χ3v) is 2.82. The van der Waals surface area contributed by atoms with Crippen molar-refractivity contribution in [2.24, 2.45) is 5.73 Å². The summed E-state index contributed by atoms with van der Waals surface area (Å²) in [5, 5.41) is 2.67. The number of carbonyl (C=O) groups is 3. The molecule has 0 fully saturated rings. The summed E-state index contributed by atoms with van der Waals surface area (Å²) in [6.45, 7) is 3.88. The smallest absolute Gasteiger partial charge is 0.322 e. The van der Waals surface area contributed by atoms with Crippen molar-refractivity contribution in [2.75, 3.05) is 18.9 Å². The Kier molecular flexibility index (Phi) is 13.2. The molecule has 8 heteroatoms. The number of rotatable bonds is 8. The molecule has 6 nitrogen and oxygen atoms in total. The second kappa shape index (κ2) is 12.3. The van der Waals surface area contributed by atoms with Gasteiger partial charge in [-0.25, -0.2) is 0 Å². The fourth-order valence-electron chi connectivity index (χ4n) is 1.13. The van der Waals surface area contributed by atoms with Gasteiger partial charge in [0.25, 0.3) is 0 Å². The number of thioether (sulfide) groups is 1. The highest BCUT2D eigenvalue weighted by Gasteiger charge is 2.15. The molecule has 0 aliphatic rings. The van der Waals surface area contributed by atoms with E-state index in [1.807, 2.05) is 0 Å². The van der Waals surface area contributed by atoms with Gasteiger partial charge in [-0.2, -0.15) is 0 Å². The summed E-state index contributed by atoms with van der Waals surface area (Å²) in [6.07, 6.45) is 0.426. The highest BCUT2D eigenvalue weighted by molar-refractivity contribution is 8.13. The minimum atomic E-state index is -0.762. The largest absolute Gasteiger partial charge is 0.465 e. The van der Waals surface area contributed by atoms with E-state index < -0.39 is 12.0 Å². The van der Waals surface area contributed by atoms with Gasteiger partial charge in [0.15, 0.2) is 5.12 Å². The molecule has 112 valence electrons. The zero-order valence-corrected chi connectivity index (χ0v) is 12.8. The Morgan fingerprint density at radius 3 is 2.53 bits per heavy atom.